The summed E-state index contributed by atoms with van der Waals surface area (Å²) in [6.45, 7) is 8.60. The molecule has 2 aliphatic carbocycles. The number of rotatable bonds is 8. The van der Waals surface area contributed by atoms with Gasteiger partial charge in [-0.05, 0) is 93.6 Å². The van der Waals surface area contributed by atoms with E-state index in [9.17, 15) is 0 Å². The molecular formula is C53H42N4. The van der Waals surface area contributed by atoms with Crippen LogP contribution in [0.4, 0.5) is 0 Å². The SMILES string of the molecule is C=C/C(=C1/C=CC(C)=CC1C)c1ccc(-c2cc(-c3ccc(-c4cncc5c4C=CCC5)cc3)cc(-c3nc(-c4ccccc4)nc(-c4ccccc4)n3)c2)cc1. The first-order chi connectivity index (χ1) is 28.0. The zero-order valence-corrected chi connectivity index (χ0v) is 32.2. The number of hydrogen-bond acceptors (Lipinski definition) is 4. The van der Waals surface area contributed by atoms with Crippen molar-refractivity contribution in [1.29, 1.82) is 0 Å². The van der Waals surface area contributed by atoms with Gasteiger partial charge in [0, 0.05) is 40.6 Å². The highest BCUT2D eigenvalue weighted by Gasteiger charge is 2.17. The Labute approximate surface area is 335 Å². The van der Waals surface area contributed by atoms with Gasteiger partial charge >= 0.3 is 0 Å². The molecule has 2 heterocycles. The van der Waals surface area contributed by atoms with E-state index in [0.717, 1.165) is 74.0 Å². The van der Waals surface area contributed by atoms with Crippen LogP contribution in [0.2, 0.25) is 0 Å². The standard InChI is InChI=1S/C53H42N4/c1-4-47(48-28-19-35(2)29-36(48)3)39-24-20-37(21-25-39)44-30-45(38-22-26-40(27-23-38)50-34-54-33-43-17-11-12-18-49(43)50)32-46(31-44)53-56-51(41-13-7-5-8-14-41)55-52(57-53)42-15-9-6-10-16-42/h4-10,12-16,18-34,36H,1,11,17H2,2-3H3/b48-47+. The molecule has 0 saturated heterocycles. The van der Waals surface area contributed by atoms with E-state index in [4.69, 9.17) is 15.0 Å². The Morgan fingerprint density at radius 2 is 1.16 bits per heavy atom. The fourth-order valence-electron chi connectivity index (χ4n) is 7.94. The third-order valence-corrected chi connectivity index (χ3v) is 10.9. The van der Waals surface area contributed by atoms with E-state index in [1.165, 1.54) is 22.3 Å². The Balaban J connectivity index is 1.17. The predicted molar refractivity (Wildman–Crippen MR) is 237 cm³/mol. The van der Waals surface area contributed by atoms with E-state index in [1.54, 1.807) is 0 Å². The average molecular weight is 735 g/mol. The Hall–Kier alpha value is -7.04. The maximum atomic E-state index is 5.11. The number of aryl methyl sites for hydroxylation is 1. The average Bonchev–Trinajstić information content (AvgIpc) is 3.27. The van der Waals surface area contributed by atoms with Crippen molar-refractivity contribution >= 4 is 11.6 Å². The van der Waals surface area contributed by atoms with Gasteiger partial charge in [0.2, 0.25) is 0 Å². The van der Waals surface area contributed by atoms with Gasteiger partial charge < -0.3 is 0 Å². The van der Waals surface area contributed by atoms with Crippen molar-refractivity contribution in [2.24, 2.45) is 5.92 Å². The normalized spacial score (nSPS) is 15.5. The lowest BCUT2D eigenvalue weighted by molar-refractivity contribution is 0.876. The van der Waals surface area contributed by atoms with Crippen molar-refractivity contribution < 1.29 is 0 Å². The van der Waals surface area contributed by atoms with Crippen LogP contribution in [0.5, 0.6) is 0 Å². The van der Waals surface area contributed by atoms with Crippen molar-refractivity contribution in [3.8, 4) is 67.5 Å². The van der Waals surface area contributed by atoms with Crippen LogP contribution >= 0.6 is 0 Å². The molecule has 2 aromatic heterocycles. The van der Waals surface area contributed by atoms with E-state index < -0.39 is 0 Å². The van der Waals surface area contributed by atoms with Crippen LogP contribution < -0.4 is 0 Å². The van der Waals surface area contributed by atoms with Gasteiger partial charge in [0.25, 0.3) is 0 Å². The van der Waals surface area contributed by atoms with E-state index in [2.05, 4.69) is 123 Å². The van der Waals surface area contributed by atoms with Gasteiger partial charge in [-0.2, -0.15) is 0 Å². The summed E-state index contributed by atoms with van der Waals surface area (Å²) in [6, 6.07) is 44.6. The van der Waals surface area contributed by atoms with Crippen molar-refractivity contribution in [3.63, 3.8) is 0 Å². The van der Waals surface area contributed by atoms with Crippen LogP contribution in [0, 0.1) is 5.92 Å². The van der Waals surface area contributed by atoms with Gasteiger partial charge in [0.05, 0.1) is 0 Å². The summed E-state index contributed by atoms with van der Waals surface area (Å²) < 4.78 is 0. The minimum atomic E-state index is 0.315. The van der Waals surface area contributed by atoms with Crippen LogP contribution in [0.1, 0.15) is 37.0 Å². The second-order valence-corrected chi connectivity index (χ2v) is 14.8. The fourth-order valence-corrected chi connectivity index (χ4v) is 7.94. The molecule has 0 amide bonds. The first kappa shape index (κ1) is 35.6. The minimum Gasteiger partial charge on any atom is -0.264 e. The maximum absolute atomic E-state index is 5.11. The monoisotopic (exact) mass is 734 g/mol. The maximum Gasteiger partial charge on any atom is 0.164 e. The second-order valence-electron chi connectivity index (χ2n) is 14.8. The summed E-state index contributed by atoms with van der Waals surface area (Å²) in [6.07, 6.45) is 19.3. The number of fused-ring (bicyclic) bond motifs is 1. The van der Waals surface area contributed by atoms with Gasteiger partial charge in [-0.1, -0.05) is 165 Å². The molecule has 0 spiro atoms. The number of pyridine rings is 1. The number of nitrogens with zero attached hydrogens (tertiary/aromatic N) is 4. The number of allylic oxidation sites excluding steroid dienone is 8. The minimum absolute atomic E-state index is 0.315. The molecule has 0 aliphatic heterocycles. The predicted octanol–water partition coefficient (Wildman–Crippen LogP) is 13.3. The van der Waals surface area contributed by atoms with Crippen molar-refractivity contribution in [2.75, 3.05) is 0 Å². The van der Waals surface area contributed by atoms with Crippen LogP contribution in [0.25, 0.3) is 79.2 Å². The third kappa shape index (κ3) is 7.38. The van der Waals surface area contributed by atoms with Crippen LogP contribution in [0.15, 0.2) is 188 Å². The summed E-state index contributed by atoms with van der Waals surface area (Å²) in [5, 5.41) is 0. The lowest BCUT2D eigenvalue weighted by Gasteiger charge is -2.18. The summed E-state index contributed by atoms with van der Waals surface area (Å²) in [5.74, 6) is 2.20. The molecule has 7 aromatic rings. The van der Waals surface area contributed by atoms with E-state index in [-0.39, 0.29) is 0 Å². The van der Waals surface area contributed by atoms with E-state index in [1.807, 2.05) is 79.1 Å². The molecule has 0 fully saturated rings. The molecule has 9 rings (SSSR count). The Morgan fingerprint density at radius 1 is 0.596 bits per heavy atom. The van der Waals surface area contributed by atoms with Gasteiger partial charge in [-0.3, -0.25) is 4.98 Å². The van der Waals surface area contributed by atoms with Crippen LogP contribution in [-0.4, -0.2) is 19.9 Å². The third-order valence-electron chi connectivity index (χ3n) is 10.9. The van der Waals surface area contributed by atoms with E-state index in [0.29, 0.717) is 23.4 Å². The molecule has 274 valence electrons. The van der Waals surface area contributed by atoms with Crippen molar-refractivity contribution in [1.82, 2.24) is 19.9 Å². The van der Waals surface area contributed by atoms with Gasteiger partial charge in [-0.15, -0.1) is 0 Å². The first-order valence-electron chi connectivity index (χ1n) is 19.6. The molecule has 0 N–H and O–H groups in total. The van der Waals surface area contributed by atoms with Crippen LogP contribution in [-0.2, 0) is 6.42 Å². The molecule has 0 saturated carbocycles. The number of aromatic nitrogens is 4. The highest BCUT2D eigenvalue weighted by molar-refractivity contribution is 5.85. The summed E-state index contributed by atoms with van der Waals surface area (Å²) in [5.41, 5.74) is 16.9. The molecule has 0 radical (unpaired) electrons. The molecule has 1 atom stereocenters. The lowest BCUT2D eigenvalue weighted by atomic mass is 9.86. The fraction of sp³-hybridized carbons (Fsp3) is 0.0943. The quantitative estimate of drug-likeness (QED) is 0.156. The van der Waals surface area contributed by atoms with Crippen LogP contribution in [0.3, 0.4) is 0 Å². The Morgan fingerprint density at radius 3 is 1.75 bits per heavy atom. The molecule has 57 heavy (non-hydrogen) atoms. The molecule has 4 nitrogen and oxygen atoms in total. The lowest BCUT2D eigenvalue weighted by Crippen LogP contribution is -2.02. The molecule has 2 aliphatic rings. The molecular weight excluding hydrogens is 693 g/mol. The zero-order chi connectivity index (χ0) is 38.7. The first-order valence-corrected chi connectivity index (χ1v) is 19.6. The number of hydrogen-bond donors (Lipinski definition) is 0. The van der Waals surface area contributed by atoms with Gasteiger partial charge in [-0.25, -0.2) is 15.0 Å². The zero-order valence-electron chi connectivity index (χ0n) is 32.2. The number of benzene rings is 5. The molecule has 1 unspecified atom stereocenters. The molecule has 4 heteroatoms. The van der Waals surface area contributed by atoms with Gasteiger partial charge in [0.1, 0.15) is 0 Å². The second kappa shape index (κ2) is 15.6. The van der Waals surface area contributed by atoms with Crippen molar-refractivity contribution in [2.45, 2.75) is 26.7 Å². The van der Waals surface area contributed by atoms with Gasteiger partial charge in [0.15, 0.2) is 17.5 Å². The highest BCUT2D eigenvalue weighted by Crippen LogP contribution is 2.37. The molecule has 5 aromatic carbocycles. The Bertz CT molecular complexity index is 2680. The summed E-state index contributed by atoms with van der Waals surface area (Å²) in [7, 11) is 0. The summed E-state index contributed by atoms with van der Waals surface area (Å²) in [4.78, 5) is 19.8. The van der Waals surface area contributed by atoms with E-state index >= 15 is 0 Å². The Kier molecular flexibility index (Phi) is 9.76. The topological polar surface area (TPSA) is 51.6 Å². The largest absolute Gasteiger partial charge is 0.264 e. The summed E-state index contributed by atoms with van der Waals surface area (Å²) >= 11 is 0. The highest BCUT2D eigenvalue weighted by atomic mass is 15.0. The van der Waals surface area contributed by atoms with Crippen molar-refractivity contribution in [3.05, 3.63) is 205 Å². The molecule has 0 bridgehead atoms. The smallest absolute Gasteiger partial charge is 0.164 e.